The smallest absolute Gasteiger partial charge is 0.125 e. The van der Waals surface area contributed by atoms with Crippen molar-refractivity contribution >= 4 is 11.6 Å². The van der Waals surface area contributed by atoms with Crippen LogP contribution in [0.15, 0.2) is 12.1 Å². The molecule has 0 fully saturated rings. The molecule has 0 amide bonds. The maximum absolute atomic E-state index is 5.99. The van der Waals surface area contributed by atoms with Crippen LogP contribution < -0.4 is 10.1 Å². The van der Waals surface area contributed by atoms with Gasteiger partial charge < -0.3 is 10.1 Å². The molecule has 1 aromatic carbocycles. The zero-order chi connectivity index (χ0) is 13.8. The van der Waals surface area contributed by atoms with Crippen molar-refractivity contribution in [3.63, 3.8) is 0 Å². The van der Waals surface area contributed by atoms with Gasteiger partial charge in [-0.25, -0.2) is 0 Å². The summed E-state index contributed by atoms with van der Waals surface area (Å²) in [7, 11) is 0. The fourth-order valence-corrected chi connectivity index (χ4v) is 2.16. The second kappa shape index (κ2) is 6.44. The van der Waals surface area contributed by atoms with Crippen LogP contribution in [0.3, 0.4) is 0 Å². The first-order valence-electron chi connectivity index (χ1n) is 6.44. The lowest BCUT2D eigenvalue weighted by Crippen LogP contribution is -2.36. The Balaban J connectivity index is 2.41. The highest BCUT2D eigenvalue weighted by molar-refractivity contribution is 6.30. The van der Waals surface area contributed by atoms with Crippen molar-refractivity contribution in [3.8, 4) is 5.75 Å². The molecule has 18 heavy (non-hydrogen) atoms. The summed E-state index contributed by atoms with van der Waals surface area (Å²) in [5.41, 5.74) is 2.37. The van der Waals surface area contributed by atoms with Crippen LogP contribution in [0.2, 0.25) is 5.02 Å². The van der Waals surface area contributed by atoms with Crippen LogP contribution in [-0.2, 0) is 0 Å². The summed E-state index contributed by atoms with van der Waals surface area (Å²) in [5, 5.41) is 4.22. The monoisotopic (exact) mass is 269 g/mol. The normalized spacial score (nSPS) is 11.7. The minimum atomic E-state index is 0.173. The lowest BCUT2D eigenvalue weighted by atomic mass is 10.1. The van der Waals surface area contributed by atoms with Crippen LogP contribution in [0.4, 0.5) is 0 Å². The zero-order valence-electron chi connectivity index (χ0n) is 12.1. The van der Waals surface area contributed by atoms with E-state index in [2.05, 4.69) is 26.1 Å². The van der Waals surface area contributed by atoms with E-state index in [1.165, 1.54) is 0 Å². The van der Waals surface area contributed by atoms with E-state index in [0.717, 1.165) is 41.5 Å². The van der Waals surface area contributed by atoms with E-state index in [1.807, 2.05) is 26.0 Å². The molecule has 0 unspecified atom stereocenters. The Morgan fingerprint density at radius 2 is 1.72 bits per heavy atom. The Bertz CT molecular complexity index is 373. The summed E-state index contributed by atoms with van der Waals surface area (Å²) in [4.78, 5) is 0. The van der Waals surface area contributed by atoms with E-state index in [4.69, 9.17) is 16.3 Å². The first-order chi connectivity index (χ1) is 8.29. The van der Waals surface area contributed by atoms with Gasteiger partial charge in [-0.1, -0.05) is 11.6 Å². The van der Waals surface area contributed by atoms with Crippen molar-refractivity contribution in [3.05, 3.63) is 28.3 Å². The quantitative estimate of drug-likeness (QED) is 0.812. The molecule has 0 spiro atoms. The summed E-state index contributed by atoms with van der Waals surface area (Å²) < 4.78 is 5.84. The Hall–Kier alpha value is -0.730. The molecule has 0 saturated carbocycles. The van der Waals surface area contributed by atoms with Gasteiger partial charge in [-0.2, -0.15) is 0 Å². The Labute approximate surface area is 116 Å². The fourth-order valence-electron chi connectivity index (χ4n) is 1.83. The standard InChI is InChI=1S/C15H24ClNO/c1-11-9-13(16)10-12(2)14(11)18-8-6-7-17-15(3,4)5/h9-10,17H,6-8H2,1-5H3. The molecule has 0 aliphatic rings. The minimum absolute atomic E-state index is 0.173. The van der Waals surface area contributed by atoms with Crippen LogP contribution in [0.1, 0.15) is 38.3 Å². The molecule has 2 nitrogen and oxygen atoms in total. The Morgan fingerprint density at radius 1 is 1.17 bits per heavy atom. The predicted molar refractivity (Wildman–Crippen MR) is 78.8 cm³/mol. The summed E-state index contributed by atoms with van der Waals surface area (Å²) in [6, 6.07) is 3.88. The molecule has 0 aliphatic carbocycles. The van der Waals surface area contributed by atoms with Gasteiger partial charge in [0, 0.05) is 10.6 Å². The van der Waals surface area contributed by atoms with Gasteiger partial charge in [0.25, 0.3) is 0 Å². The van der Waals surface area contributed by atoms with Crippen molar-refractivity contribution in [1.82, 2.24) is 5.32 Å². The van der Waals surface area contributed by atoms with E-state index < -0.39 is 0 Å². The van der Waals surface area contributed by atoms with E-state index >= 15 is 0 Å². The van der Waals surface area contributed by atoms with Gasteiger partial charge >= 0.3 is 0 Å². The number of ether oxygens (including phenoxy) is 1. The number of aryl methyl sites for hydroxylation is 2. The van der Waals surface area contributed by atoms with Gasteiger partial charge in [-0.05, 0) is 70.8 Å². The van der Waals surface area contributed by atoms with Gasteiger partial charge in [0.1, 0.15) is 5.75 Å². The van der Waals surface area contributed by atoms with Gasteiger partial charge in [0.05, 0.1) is 6.61 Å². The van der Waals surface area contributed by atoms with Crippen molar-refractivity contribution in [2.75, 3.05) is 13.2 Å². The van der Waals surface area contributed by atoms with E-state index in [-0.39, 0.29) is 5.54 Å². The fraction of sp³-hybridized carbons (Fsp3) is 0.600. The number of benzene rings is 1. The summed E-state index contributed by atoms with van der Waals surface area (Å²) in [6.45, 7) is 12.3. The number of rotatable bonds is 5. The van der Waals surface area contributed by atoms with Crippen molar-refractivity contribution in [1.29, 1.82) is 0 Å². The molecule has 1 N–H and O–H groups in total. The second-order valence-electron chi connectivity index (χ2n) is 5.75. The van der Waals surface area contributed by atoms with Crippen LogP contribution in [0.5, 0.6) is 5.75 Å². The maximum atomic E-state index is 5.99. The van der Waals surface area contributed by atoms with Crippen molar-refractivity contribution in [2.24, 2.45) is 0 Å². The highest BCUT2D eigenvalue weighted by Gasteiger charge is 2.08. The van der Waals surface area contributed by atoms with Gasteiger partial charge in [0.2, 0.25) is 0 Å². The molecule has 0 aromatic heterocycles. The largest absolute Gasteiger partial charge is 0.493 e. The van der Waals surface area contributed by atoms with Crippen LogP contribution in [-0.4, -0.2) is 18.7 Å². The number of hydrogen-bond donors (Lipinski definition) is 1. The molecule has 0 atom stereocenters. The van der Waals surface area contributed by atoms with Gasteiger partial charge in [0.15, 0.2) is 0 Å². The molecule has 1 aromatic rings. The highest BCUT2D eigenvalue weighted by atomic mass is 35.5. The minimum Gasteiger partial charge on any atom is -0.493 e. The molecule has 0 heterocycles. The van der Waals surface area contributed by atoms with E-state index in [0.29, 0.717) is 0 Å². The molecule has 102 valence electrons. The summed E-state index contributed by atoms with van der Waals surface area (Å²) in [5.74, 6) is 0.968. The van der Waals surface area contributed by atoms with Crippen LogP contribution >= 0.6 is 11.6 Å². The Kier molecular flexibility index (Phi) is 5.48. The molecule has 3 heteroatoms. The third-order valence-electron chi connectivity index (χ3n) is 2.65. The van der Waals surface area contributed by atoms with E-state index in [9.17, 15) is 0 Å². The van der Waals surface area contributed by atoms with Crippen molar-refractivity contribution < 1.29 is 4.74 Å². The van der Waals surface area contributed by atoms with Crippen LogP contribution in [0, 0.1) is 13.8 Å². The Morgan fingerprint density at radius 3 is 2.22 bits per heavy atom. The third kappa shape index (κ3) is 5.28. The SMILES string of the molecule is Cc1cc(Cl)cc(C)c1OCCCNC(C)(C)C. The number of nitrogens with one attached hydrogen (secondary N) is 1. The highest BCUT2D eigenvalue weighted by Crippen LogP contribution is 2.27. The number of hydrogen-bond acceptors (Lipinski definition) is 2. The molecular formula is C15H24ClNO. The third-order valence-corrected chi connectivity index (χ3v) is 2.87. The summed E-state index contributed by atoms with van der Waals surface area (Å²) >= 11 is 5.99. The van der Waals surface area contributed by atoms with Crippen LogP contribution in [0.25, 0.3) is 0 Å². The average molecular weight is 270 g/mol. The second-order valence-corrected chi connectivity index (χ2v) is 6.18. The van der Waals surface area contributed by atoms with E-state index in [1.54, 1.807) is 0 Å². The van der Waals surface area contributed by atoms with Gasteiger partial charge in [-0.3, -0.25) is 0 Å². The lowest BCUT2D eigenvalue weighted by molar-refractivity contribution is 0.295. The number of halogens is 1. The van der Waals surface area contributed by atoms with Crippen molar-refractivity contribution in [2.45, 2.75) is 46.6 Å². The average Bonchev–Trinajstić information content (AvgIpc) is 2.19. The molecule has 0 saturated heterocycles. The maximum Gasteiger partial charge on any atom is 0.125 e. The molecule has 0 bridgehead atoms. The lowest BCUT2D eigenvalue weighted by Gasteiger charge is -2.20. The predicted octanol–water partition coefficient (Wildman–Crippen LogP) is 4.11. The summed E-state index contributed by atoms with van der Waals surface area (Å²) in [6.07, 6.45) is 0.999. The van der Waals surface area contributed by atoms with Gasteiger partial charge in [-0.15, -0.1) is 0 Å². The molecule has 0 radical (unpaired) electrons. The molecular weight excluding hydrogens is 246 g/mol. The molecule has 0 aliphatic heterocycles. The zero-order valence-corrected chi connectivity index (χ0v) is 12.8. The topological polar surface area (TPSA) is 21.3 Å². The first kappa shape index (κ1) is 15.3. The first-order valence-corrected chi connectivity index (χ1v) is 6.82. The molecule has 1 rings (SSSR count).